The molecule has 3 rings (SSSR count). The Morgan fingerprint density at radius 1 is 1.14 bits per heavy atom. The van der Waals surface area contributed by atoms with Crippen molar-refractivity contribution in [2.24, 2.45) is 0 Å². The molecular formula is C23H25F3O2. The van der Waals surface area contributed by atoms with Gasteiger partial charge in [-0.05, 0) is 36.5 Å². The fraction of sp³-hybridized carbons (Fsp3) is 0.391. The van der Waals surface area contributed by atoms with Crippen molar-refractivity contribution in [3.63, 3.8) is 0 Å². The lowest BCUT2D eigenvalue weighted by atomic mass is 9.89. The molecule has 0 N–H and O–H groups in total. The molecule has 1 aliphatic rings. The van der Waals surface area contributed by atoms with E-state index in [1.807, 2.05) is 0 Å². The topological polar surface area (TPSA) is 18.5 Å². The quantitative estimate of drug-likeness (QED) is 0.532. The standard InChI is InChI=1S/C23H25F3O2/c1-3-11-27-14-18-8-5-17(13-28-18)19-9-7-16(12-21(19)24)20-10-6-15(4-2)22(25)23(20)26/h4,6-7,9-10,12,17-18H,2-3,5,8,11,13-14H2,1H3. The van der Waals surface area contributed by atoms with E-state index < -0.39 is 17.5 Å². The first kappa shape index (κ1) is 20.6. The van der Waals surface area contributed by atoms with Crippen LogP contribution in [0, 0.1) is 17.5 Å². The molecule has 2 unspecified atom stereocenters. The van der Waals surface area contributed by atoms with Crippen LogP contribution >= 0.6 is 0 Å². The number of rotatable bonds is 7. The van der Waals surface area contributed by atoms with Crippen molar-refractivity contribution in [3.05, 3.63) is 65.5 Å². The fourth-order valence-corrected chi connectivity index (χ4v) is 3.51. The van der Waals surface area contributed by atoms with Gasteiger partial charge in [-0.3, -0.25) is 0 Å². The van der Waals surface area contributed by atoms with Crippen molar-refractivity contribution < 1.29 is 22.6 Å². The highest BCUT2D eigenvalue weighted by molar-refractivity contribution is 5.67. The molecule has 2 atom stereocenters. The molecule has 0 spiro atoms. The Bertz CT molecular complexity index is 827. The molecule has 0 aromatic heterocycles. The van der Waals surface area contributed by atoms with Gasteiger partial charge in [-0.15, -0.1) is 0 Å². The zero-order chi connectivity index (χ0) is 20.1. The van der Waals surface area contributed by atoms with E-state index >= 15 is 0 Å². The summed E-state index contributed by atoms with van der Waals surface area (Å²) in [6.07, 6.45) is 3.86. The Hall–Kier alpha value is -2.11. The summed E-state index contributed by atoms with van der Waals surface area (Å²) in [5, 5.41) is 0. The van der Waals surface area contributed by atoms with Gasteiger partial charge in [0.1, 0.15) is 5.82 Å². The van der Waals surface area contributed by atoms with E-state index in [-0.39, 0.29) is 23.1 Å². The molecule has 2 aromatic carbocycles. The normalized spacial score (nSPS) is 19.6. The van der Waals surface area contributed by atoms with E-state index in [1.165, 1.54) is 24.3 Å². The van der Waals surface area contributed by atoms with Gasteiger partial charge in [0.05, 0.1) is 19.3 Å². The number of hydrogen-bond donors (Lipinski definition) is 0. The van der Waals surface area contributed by atoms with E-state index in [0.717, 1.165) is 19.3 Å². The summed E-state index contributed by atoms with van der Waals surface area (Å²) in [4.78, 5) is 0. The summed E-state index contributed by atoms with van der Waals surface area (Å²) in [5.74, 6) is -2.46. The molecule has 0 amide bonds. The first-order valence-corrected chi connectivity index (χ1v) is 9.64. The maximum Gasteiger partial charge on any atom is 0.167 e. The first-order valence-electron chi connectivity index (χ1n) is 9.64. The SMILES string of the molecule is C=Cc1ccc(-c2ccc(C3CCC(COCCC)OC3)c(F)c2)c(F)c1F. The first-order chi connectivity index (χ1) is 13.5. The van der Waals surface area contributed by atoms with Crippen molar-refractivity contribution in [2.75, 3.05) is 19.8 Å². The molecule has 2 nitrogen and oxygen atoms in total. The summed E-state index contributed by atoms with van der Waals surface area (Å²) in [6, 6.07) is 7.40. The lowest BCUT2D eigenvalue weighted by Crippen LogP contribution is -2.29. The van der Waals surface area contributed by atoms with Crippen LogP contribution in [0.3, 0.4) is 0 Å². The van der Waals surface area contributed by atoms with E-state index in [4.69, 9.17) is 9.47 Å². The minimum atomic E-state index is -1.000. The Labute approximate surface area is 164 Å². The van der Waals surface area contributed by atoms with Crippen LogP contribution in [0.25, 0.3) is 17.2 Å². The van der Waals surface area contributed by atoms with Gasteiger partial charge in [-0.2, -0.15) is 0 Å². The largest absolute Gasteiger partial charge is 0.379 e. The van der Waals surface area contributed by atoms with Gasteiger partial charge in [-0.25, -0.2) is 13.2 Å². The van der Waals surface area contributed by atoms with Crippen LogP contribution in [0.5, 0.6) is 0 Å². The average molecular weight is 390 g/mol. The van der Waals surface area contributed by atoms with Gasteiger partial charge in [0.15, 0.2) is 11.6 Å². The molecule has 1 saturated heterocycles. The number of hydrogen-bond acceptors (Lipinski definition) is 2. The van der Waals surface area contributed by atoms with Gasteiger partial charge in [0.25, 0.3) is 0 Å². The zero-order valence-corrected chi connectivity index (χ0v) is 16.0. The third-order valence-electron chi connectivity index (χ3n) is 5.11. The third kappa shape index (κ3) is 4.47. The Kier molecular flexibility index (Phi) is 6.92. The van der Waals surface area contributed by atoms with Gasteiger partial charge in [0.2, 0.25) is 0 Å². The van der Waals surface area contributed by atoms with Crippen molar-refractivity contribution >= 4 is 6.08 Å². The van der Waals surface area contributed by atoms with Gasteiger partial charge >= 0.3 is 0 Å². The zero-order valence-electron chi connectivity index (χ0n) is 16.0. The Balaban J connectivity index is 1.72. The van der Waals surface area contributed by atoms with Crippen LogP contribution in [-0.4, -0.2) is 25.9 Å². The second kappa shape index (κ2) is 9.39. The summed E-state index contributed by atoms with van der Waals surface area (Å²) < 4.78 is 54.4. The molecular weight excluding hydrogens is 365 g/mol. The molecule has 0 bridgehead atoms. The summed E-state index contributed by atoms with van der Waals surface area (Å²) in [6.45, 7) is 7.21. The second-order valence-electron chi connectivity index (χ2n) is 7.08. The van der Waals surface area contributed by atoms with Crippen molar-refractivity contribution in [1.82, 2.24) is 0 Å². The Morgan fingerprint density at radius 2 is 1.96 bits per heavy atom. The van der Waals surface area contributed by atoms with Gasteiger partial charge in [0, 0.05) is 23.7 Å². The maximum absolute atomic E-state index is 14.7. The van der Waals surface area contributed by atoms with Crippen LogP contribution in [0.4, 0.5) is 13.2 Å². The van der Waals surface area contributed by atoms with E-state index in [1.54, 1.807) is 12.1 Å². The van der Waals surface area contributed by atoms with Crippen molar-refractivity contribution in [2.45, 2.75) is 38.2 Å². The van der Waals surface area contributed by atoms with E-state index in [2.05, 4.69) is 13.5 Å². The number of benzene rings is 2. The summed E-state index contributed by atoms with van der Waals surface area (Å²) in [5.41, 5.74) is 0.952. The molecule has 0 aliphatic carbocycles. The molecule has 1 heterocycles. The van der Waals surface area contributed by atoms with Gasteiger partial charge < -0.3 is 9.47 Å². The maximum atomic E-state index is 14.7. The van der Waals surface area contributed by atoms with E-state index in [9.17, 15) is 13.2 Å². The Morgan fingerprint density at radius 3 is 2.61 bits per heavy atom. The van der Waals surface area contributed by atoms with Crippen LogP contribution in [0.1, 0.15) is 43.2 Å². The summed E-state index contributed by atoms with van der Waals surface area (Å²) in [7, 11) is 0. The van der Waals surface area contributed by atoms with Crippen molar-refractivity contribution in [3.8, 4) is 11.1 Å². The third-order valence-corrected chi connectivity index (χ3v) is 5.11. The molecule has 28 heavy (non-hydrogen) atoms. The number of halogens is 3. The van der Waals surface area contributed by atoms with Crippen LogP contribution in [-0.2, 0) is 9.47 Å². The number of ether oxygens (including phenoxy) is 2. The monoisotopic (exact) mass is 390 g/mol. The van der Waals surface area contributed by atoms with Crippen LogP contribution in [0.2, 0.25) is 0 Å². The molecule has 5 heteroatoms. The highest BCUT2D eigenvalue weighted by atomic mass is 19.2. The molecule has 0 saturated carbocycles. The van der Waals surface area contributed by atoms with Crippen LogP contribution in [0.15, 0.2) is 36.9 Å². The predicted octanol–water partition coefficient (Wildman–Crippen LogP) is 6.10. The van der Waals surface area contributed by atoms with Crippen molar-refractivity contribution in [1.29, 1.82) is 0 Å². The van der Waals surface area contributed by atoms with E-state index in [0.29, 0.717) is 30.9 Å². The smallest absolute Gasteiger partial charge is 0.167 e. The molecule has 150 valence electrons. The average Bonchev–Trinajstić information content (AvgIpc) is 2.71. The van der Waals surface area contributed by atoms with Crippen LogP contribution < -0.4 is 0 Å². The highest BCUT2D eigenvalue weighted by Crippen LogP contribution is 2.33. The summed E-state index contributed by atoms with van der Waals surface area (Å²) >= 11 is 0. The minimum absolute atomic E-state index is 0.0292. The predicted molar refractivity (Wildman–Crippen MR) is 105 cm³/mol. The molecule has 1 fully saturated rings. The molecule has 2 aromatic rings. The second-order valence-corrected chi connectivity index (χ2v) is 7.08. The lowest BCUT2D eigenvalue weighted by Gasteiger charge is -2.29. The van der Waals surface area contributed by atoms with Gasteiger partial charge in [-0.1, -0.05) is 43.8 Å². The lowest BCUT2D eigenvalue weighted by molar-refractivity contribution is -0.0484. The highest BCUT2D eigenvalue weighted by Gasteiger charge is 2.25. The molecule has 1 aliphatic heterocycles. The molecule has 0 radical (unpaired) electrons. The minimum Gasteiger partial charge on any atom is -0.379 e. The fourth-order valence-electron chi connectivity index (χ4n) is 3.51.